The molecule has 0 bridgehead atoms. The molecule has 0 saturated carbocycles. The number of hydrogen-bond donors (Lipinski definition) is 0. The van der Waals surface area contributed by atoms with Crippen molar-refractivity contribution >= 4 is 26.7 Å². The molecule has 0 spiro atoms. The second-order valence-corrected chi connectivity index (χ2v) is 14.1. The van der Waals surface area contributed by atoms with E-state index in [0.717, 1.165) is 17.0 Å². The van der Waals surface area contributed by atoms with Crippen molar-refractivity contribution < 1.29 is 0 Å². The fraction of sp³-hybridized carbons (Fsp3) is 1.00. The second kappa shape index (κ2) is 4.45. The summed E-state index contributed by atoms with van der Waals surface area (Å²) in [6, 6.07) is 0. The standard InChI is InChI=1S/C9H21PTe/c1-7(2)10(11,8(3)4)9(5)6/h7-9H,1-6H3/q+1. The number of rotatable bonds is 3. The summed E-state index contributed by atoms with van der Waals surface area (Å²) >= 11 is 2.44. The number of hydrogen-bond acceptors (Lipinski definition) is 0. The Bertz CT molecular complexity index is 97.0. The van der Waals surface area contributed by atoms with Crippen LogP contribution in [0.15, 0.2) is 0 Å². The van der Waals surface area contributed by atoms with Gasteiger partial charge in [-0.15, -0.1) is 0 Å². The van der Waals surface area contributed by atoms with Gasteiger partial charge in [0, 0.05) is 0 Å². The summed E-state index contributed by atoms with van der Waals surface area (Å²) in [6.45, 7) is 14.3. The van der Waals surface area contributed by atoms with Crippen LogP contribution >= 0.6 is 4.95 Å². The first-order chi connectivity index (χ1) is 4.83. The summed E-state index contributed by atoms with van der Waals surface area (Å²) in [5.41, 5.74) is 2.69. The summed E-state index contributed by atoms with van der Waals surface area (Å²) in [5, 5.41) is 0. The van der Waals surface area contributed by atoms with Crippen LogP contribution in [0.2, 0.25) is 0 Å². The molecule has 67 valence electrons. The Hall–Kier alpha value is 1.22. The average molecular weight is 288 g/mol. The van der Waals surface area contributed by atoms with Gasteiger partial charge in [-0.25, -0.2) is 0 Å². The molecule has 0 fully saturated rings. The third kappa shape index (κ3) is 2.58. The molecule has 0 rings (SSSR count). The van der Waals surface area contributed by atoms with Gasteiger partial charge in [0.2, 0.25) is 0 Å². The van der Waals surface area contributed by atoms with Crippen molar-refractivity contribution in [3.63, 3.8) is 0 Å². The van der Waals surface area contributed by atoms with Crippen LogP contribution in [-0.2, 0) is 0 Å². The molecule has 0 atom stereocenters. The summed E-state index contributed by atoms with van der Waals surface area (Å²) in [4.78, 5) is -0.675. The van der Waals surface area contributed by atoms with Crippen molar-refractivity contribution in [1.29, 1.82) is 0 Å². The van der Waals surface area contributed by atoms with Gasteiger partial charge in [-0.05, 0) is 0 Å². The van der Waals surface area contributed by atoms with E-state index in [2.05, 4.69) is 63.3 Å². The Kier molecular flexibility index (Phi) is 4.95. The minimum absolute atomic E-state index is 0.675. The van der Waals surface area contributed by atoms with Crippen molar-refractivity contribution in [2.24, 2.45) is 0 Å². The van der Waals surface area contributed by atoms with E-state index in [1.807, 2.05) is 0 Å². The van der Waals surface area contributed by atoms with Crippen molar-refractivity contribution in [1.82, 2.24) is 0 Å². The van der Waals surface area contributed by atoms with E-state index in [-0.39, 0.29) is 0 Å². The van der Waals surface area contributed by atoms with Gasteiger partial charge in [0.1, 0.15) is 0 Å². The molecular weight excluding hydrogens is 267 g/mol. The zero-order valence-electron chi connectivity index (χ0n) is 8.59. The van der Waals surface area contributed by atoms with E-state index in [9.17, 15) is 0 Å². The summed E-state index contributed by atoms with van der Waals surface area (Å²) in [7, 11) is 0. The second-order valence-electron chi connectivity index (χ2n) is 4.04. The third-order valence-corrected chi connectivity index (χ3v) is 18.1. The van der Waals surface area contributed by atoms with Crippen LogP contribution in [-0.4, -0.2) is 38.7 Å². The molecule has 2 heteroatoms. The van der Waals surface area contributed by atoms with E-state index in [4.69, 9.17) is 0 Å². The van der Waals surface area contributed by atoms with Crippen molar-refractivity contribution in [2.75, 3.05) is 0 Å². The molecule has 0 aromatic carbocycles. The summed E-state index contributed by atoms with van der Waals surface area (Å²) in [6.07, 6.45) is 0. The van der Waals surface area contributed by atoms with Crippen LogP contribution in [0.1, 0.15) is 41.5 Å². The molecule has 0 aliphatic carbocycles. The van der Waals surface area contributed by atoms with Crippen LogP contribution in [0.25, 0.3) is 0 Å². The predicted octanol–water partition coefficient (Wildman–Crippen LogP) is 3.31. The van der Waals surface area contributed by atoms with E-state index in [0.29, 0.717) is 0 Å². The van der Waals surface area contributed by atoms with Gasteiger partial charge in [0.25, 0.3) is 0 Å². The summed E-state index contributed by atoms with van der Waals surface area (Å²) in [5.74, 6) is 0. The Labute approximate surface area is 85.1 Å². The first-order valence-electron chi connectivity index (χ1n) is 4.42. The van der Waals surface area contributed by atoms with Crippen molar-refractivity contribution in [3.05, 3.63) is 0 Å². The Balaban J connectivity index is 4.53. The van der Waals surface area contributed by atoms with Crippen LogP contribution in [0.4, 0.5) is 0 Å². The molecule has 0 aromatic heterocycles. The van der Waals surface area contributed by atoms with Gasteiger partial charge >= 0.3 is 85.2 Å². The van der Waals surface area contributed by atoms with Crippen LogP contribution in [0.5, 0.6) is 0 Å². The zero-order chi connectivity index (χ0) is 9.23. The first kappa shape index (κ1) is 12.2. The zero-order valence-corrected chi connectivity index (χ0v) is 11.8. The quantitative estimate of drug-likeness (QED) is 0.552. The fourth-order valence-corrected chi connectivity index (χ4v) is 5.37. The Morgan fingerprint density at radius 1 is 0.727 bits per heavy atom. The van der Waals surface area contributed by atoms with Crippen LogP contribution in [0, 0.1) is 0 Å². The molecule has 0 aliphatic heterocycles. The van der Waals surface area contributed by atoms with Gasteiger partial charge in [-0.2, -0.15) is 0 Å². The average Bonchev–Trinajstić information content (AvgIpc) is 1.84. The van der Waals surface area contributed by atoms with Crippen molar-refractivity contribution in [2.45, 2.75) is 58.5 Å². The van der Waals surface area contributed by atoms with Gasteiger partial charge in [0.05, 0.1) is 0 Å². The molecule has 0 unspecified atom stereocenters. The molecule has 0 heterocycles. The van der Waals surface area contributed by atoms with Crippen LogP contribution in [0.3, 0.4) is 0 Å². The monoisotopic (exact) mass is 290 g/mol. The van der Waals surface area contributed by atoms with Gasteiger partial charge in [-0.3, -0.25) is 0 Å². The Morgan fingerprint density at radius 3 is 0.909 bits per heavy atom. The molecule has 1 radical (unpaired) electrons. The van der Waals surface area contributed by atoms with E-state index in [1.165, 1.54) is 0 Å². The first-order valence-corrected chi connectivity index (χ1v) is 9.46. The molecule has 0 saturated heterocycles. The molecular formula is C9H21PTe+. The van der Waals surface area contributed by atoms with Gasteiger partial charge < -0.3 is 0 Å². The maximum absolute atomic E-state index is 2.44. The fourth-order valence-electron chi connectivity index (χ4n) is 1.79. The molecule has 0 amide bonds. The van der Waals surface area contributed by atoms with E-state index >= 15 is 0 Å². The van der Waals surface area contributed by atoms with Gasteiger partial charge in [0.15, 0.2) is 0 Å². The SMILES string of the molecule is CC(C)[P+]([Te])(C(C)C)C(C)C. The molecule has 0 nitrogen and oxygen atoms in total. The molecule has 11 heavy (non-hydrogen) atoms. The molecule has 0 aromatic rings. The Morgan fingerprint density at radius 2 is 0.909 bits per heavy atom. The molecule has 0 aliphatic rings. The third-order valence-electron chi connectivity index (χ3n) is 2.42. The van der Waals surface area contributed by atoms with E-state index < -0.39 is 4.95 Å². The minimum atomic E-state index is -0.675. The molecule has 0 N–H and O–H groups in total. The van der Waals surface area contributed by atoms with Crippen LogP contribution < -0.4 is 0 Å². The normalized spacial score (nSPS) is 13.6. The summed E-state index contributed by atoms with van der Waals surface area (Å²) < 4.78 is 0. The van der Waals surface area contributed by atoms with Crippen molar-refractivity contribution in [3.8, 4) is 0 Å². The predicted molar refractivity (Wildman–Crippen MR) is 58.1 cm³/mol. The van der Waals surface area contributed by atoms with Gasteiger partial charge in [-0.1, -0.05) is 0 Å². The maximum atomic E-state index is 2.44. The topological polar surface area (TPSA) is 0 Å². The van der Waals surface area contributed by atoms with E-state index in [1.54, 1.807) is 0 Å².